The maximum atomic E-state index is 12.8. The highest BCUT2D eigenvalue weighted by Gasteiger charge is 2.27. The van der Waals surface area contributed by atoms with Gasteiger partial charge in [-0.25, -0.2) is 15.0 Å². The predicted molar refractivity (Wildman–Crippen MR) is 102 cm³/mol. The van der Waals surface area contributed by atoms with Crippen molar-refractivity contribution in [3.05, 3.63) is 41.9 Å². The minimum Gasteiger partial charge on any atom is -0.368 e. The highest BCUT2D eigenvalue weighted by Crippen LogP contribution is 2.23. The molecule has 1 aliphatic rings. The van der Waals surface area contributed by atoms with E-state index in [0.29, 0.717) is 31.2 Å². The van der Waals surface area contributed by atoms with Crippen LogP contribution in [-0.2, 0) is 4.74 Å². The molecular formula is C18H23N5O2S. The average Bonchev–Trinajstić information content (AvgIpc) is 2.68. The Balaban J connectivity index is 1.71. The summed E-state index contributed by atoms with van der Waals surface area (Å²) in [4.78, 5) is 29.6. The first-order valence-corrected chi connectivity index (χ1v) is 9.57. The topological polar surface area (TPSA) is 71.5 Å². The van der Waals surface area contributed by atoms with E-state index in [2.05, 4.69) is 21.9 Å². The van der Waals surface area contributed by atoms with Crippen molar-refractivity contribution in [1.29, 1.82) is 0 Å². The van der Waals surface area contributed by atoms with Gasteiger partial charge in [0.1, 0.15) is 6.10 Å². The number of hydrogen-bond acceptors (Lipinski definition) is 7. The van der Waals surface area contributed by atoms with E-state index in [-0.39, 0.29) is 12.0 Å². The summed E-state index contributed by atoms with van der Waals surface area (Å²) in [5.74, 6) is 1.56. The molecule has 8 heteroatoms. The number of ether oxygens (including phenoxy) is 1. The lowest BCUT2D eigenvalue weighted by atomic mass is 10.1. The third kappa shape index (κ3) is 4.31. The highest BCUT2D eigenvalue weighted by atomic mass is 32.2. The van der Waals surface area contributed by atoms with Crippen molar-refractivity contribution >= 4 is 23.6 Å². The van der Waals surface area contributed by atoms with Crippen LogP contribution in [-0.4, -0.2) is 65.3 Å². The number of hydrogen-bond donors (Lipinski definition) is 0. The maximum absolute atomic E-state index is 12.8. The Morgan fingerprint density at radius 2 is 2.19 bits per heavy atom. The largest absolute Gasteiger partial charge is 0.368 e. The second-order valence-corrected chi connectivity index (χ2v) is 7.39. The molecule has 1 fully saturated rings. The van der Waals surface area contributed by atoms with Gasteiger partial charge in [0.2, 0.25) is 5.95 Å². The van der Waals surface area contributed by atoms with Crippen LogP contribution in [0, 0.1) is 0 Å². The number of morpholine rings is 1. The van der Waals surface area contributed by atoms with Crippen molar-refractivity contribution < 1.29 is 9.53 Å². The zero-order chi connectivity index (χ0) is 18.5. The fourth-order valence-electron chi connectivity index (χ4n) is 2.69. The van der Waals surface area contributed by atoms with Crippen molar-refractivity contribution in [2.24, 2.45) is 0 Å². The summed E-state index contributed by atoms with van der Waals surface area (Å²) in [6.07, 6.45) is 3.12. The Bertz CT molecular complexity index is 754. The summed E-state index contributed by atoms with van der Waals surface area (Å²) >= 11 is 1.66. The van der Waals surface area contributed by atoms with Crippen LogP contribution in [0.1, 0.15) is 29.1 Å². The van der Waals surface area contributed by atoms with Crippen molar-refractivity contribution in [3.63, 3.8) is 0 Å². The van der Waals surface area contributed by atoms with Crippen LogP contribution in [0.25, 0.3) is 0 Å². The molecular weight excluding hydrogens is 350 g/mol. The van der Waals surface area contributed by atoms with Gasteiger partial charge in [0.15, 0.2) is 0 Å². The lowest BCUT2D eigenvalue weighted by Gasteiger charge is -2.32. The van der Waals surface area contributed by atoms with E-state index < -0.39 is 0 Å². The molecule has 2 aromatic heterocycles. The molecule has 26 heavy (non-hydrogen) atoms. The average molecular weight is 373 g/mol. The van der Waals surface area contributed by atoms with Gasteiger partial charge in [-0.1, -0.05) is 6.92 Å². The van der Waals surface area contributed by atoms with Gasteiger partial charge in [-0.05, 0) is 24.0 Å². The third-order valence-electron chi connectivity index (χ3n) is 4.02. The molecule has 0 bridgehead atoms. The number of aromatic nitrogens is 3. The number of thioether (sulfide) groups is 1. The van der Waals surface area contributed by atoms with E-state index in [0.717, 1.165) is 16.5 Å². The van der Waals surface area contributed by atoms with Crippen LogP contribution in [0.2, 0.25) is 0 Å². The van der Waals surface area contributed by atoms with E-state index in [4.69, 9.17) is 4.74 Å². The van der Waals surface area contributed by atoms with E-state index in [1.807, 2.05) is 37.2 Å². The number of amides is 1. The zero-order valence-electron chi connectivity index (χ0n) is 15.3. The summed E-state index contributed by atoms with van der Waals surface area (Å²) in [6.45, 7) is 3.59. The molecule has 3 heterocycles. The van der Waals surface area contributed by atoms with Crippen LogP contribution >= 0.6 is 11.8 Å². The molecule has 2 aromatic rings. The van der Waals surface area contributed by atoms with Crippen LogP contribution in [0.5, 0.6) is 0 Å². The van der Waals surface area contributed by atoms with Gasteiger partial charge in [0, 0.05) is 33.0 Å². The summed E-state index contributed by atoms with van der Waals surface area (Å²) in [6, 6.07) is 5.57. The van der Waals surface area contributed by atoms with Gasteiger partial charge in [0.25, 0.3) is 5.91 Å². The summed E-state index contributed by atoms with van der Waals surface area (Å²) < 4.78 is 5.84. The second kappa shape index (κ2) is 8.46. The Hall–Kier alpha value is -2.19. The summed E-state index contributed by atoms with van der Waals surface area (Å²) in [5.41, 5.74) is 1.39. The van der Waals surface area contributed by atoms with E-state index >= 15 is 0 Å². The maximum Gasteiger partial charge on any atom is 0.255 e. The van der Waals surface area contributed by atoms with Crippen LogP contribution < -0.4 is 4.90 Å². The first-order valence-electron chi connectivity index (χ1n) is 8.58. The minimum atomic E-state index is -0.253. The van der Waals surface area contributed by atoms with Crippen molar-refractivity contribution in [3.8, 4) is 0 Å². The molecule has 0 radical (unpaired) electrons. The van der Waals surface area contributed by atoms with Gasteiger partial charge < -0.3 is 14.5 Å². The molecule has 0 N–H and O–H groups in total. The van der Waals surface area contributed by atoms with Crippen molar-refractivity contribution in [1.82, 2.24) is 19.9 Å². The van der Waals surface area contributed by atoms with Gasteiger partial charge in [-0.15, -0.1) is 11.8 Å². The molecule has 0 aromatic carbocycles. The van der Waals surface area contributed by atoms with Crippen LogP contribution in [0.15, 0.2) is 35.6 Å². The van der Waals surface area contributed by atoms with E-state index in [1.165, 1.54) is 0 Å². The predicted octanol–water partition coefficient (Wildman–Crippen LogP) is 2.26. The van der Waals surface area contributed by atoms with Crippen molar-refractivity contribution in [2.45, 2.75) is 18.1 Å². The fraction of sp³-hybridized carbons (Fsp3) is 0.444. The first kappa shape index (κ1) is 18.6. The first-order chi connectivity index (χ1) is 12.6. The number of carbonyl (C=O) groups is 1. The highest BCUT2D eigenvalue weighted by molar-refractivity contribution is 7.99. The van der Waals surface area contributed by atoms with Gasteiger partial charge in [-0.2, -0.15) is 0 Å². The molecule has 1 atom stereocenters. The van der Waals surface area contributed by atoms with Gasteiger partial charge in [-0.3, -0.25) is 4.79 Å². The molecule has 0 aliphatic carbocycles. The number of anilines is 1. The summed E-state index contributed by atoms with van der Waals surface area (Å²) in [5, 5.41) is 0.932. The van der Waals surface area contributed by atoms with E-state index in [1.54, 1.807) is 29.1 Å². The van der Waals surface area contributed by atoms with Gasteiger partial charge >= 0.3 is 0 Å². The molecule has 3 rings (SSSR count). The zero-order valence-corrected chi connectivity index (χ0v) is 16.1. The normalized spacial score (nSPS) is 17.2. The Kier molecular flexibility index (Phi) is 6.05. The Labute approximate surface area is 157 Å². The number of pyridine rings is 1. The standard InChI is InChI=1S/C18H23N5O2S/c1-4-26-16-6-5-13(11-20-16)17(24)23-9-10-25-15(12-23)14-7-8-19-18(21-14)22(2)3/h5-8,11,15H,4,9-10,12H2,1-3H3. The molecule has 1 saturated heterocycles. The van der Waals surface area contributed by atoms with Crippen LogP contribution in [0.3, 0.4) is 0 Å². The quantitative estimate of drug-likeness (QED) is 0.745. The monoisotopic (exact) mass is 373 g/mol. The summed E-state index contributed by atoms with van der Waals surface area (Å²) in [7, 11) is 3.79. The molecule has 0 spiro atoms. The Morgan fingerprint density at radius 1 is 1.35 bits per heavy atom. The smallest absolute Gasteiger partial charge is 0.255 e. The lowest BCUT2D eigenvalue weighted by Crippen LogP contribution is -2.42. The van der Waals surface area contributed by atoms with Gasteiger partial charge in [0.05, 0.1) is 29.4 Å². The molecule has 1 unspecified atom stereocenters. The molecule has 0 saturated carbocycles. The number of rotatable bonds is 5. The van der Waals surface area contributed by atoms with Crippen LogP contribution in [0.4, 0.5) is 5.95 Å². The fourth-order valence-corrected chi connectivity index (χ4v) is 3.28. The number of carbonyl (C=O) groups excluding carboxylic acids is 1. The van der Waals surface area contributed by atoms with E-state index in [9.17, 15) is 4.79 Å². The molecule has 7 nitrogen and oxygen atoms in total. The Morgan fingerprint density at radius 3 is 2.88 bits per heavy atom. The molecule has 1 aliphatic heterocycles. The second-order valence-electron chi connectivity index (χ2n) is 6.10. The minimum absolute atomic E-state index is 0.0271. The molecule has 1 amide bonds. The number of nitrogens with zero attached hydrogens (tertiary/aromatic N) is 5. The van der Waals surface area contributed by atoms with Crippen molar-refractivity contribution in [2.75, 3.05) is 44.4 Å². The lowest BCUT2D eigenvalue weighted by molar-refractivity contribution is -0.0247. The molecule has 138 valence electrons. The SMILES string of the molecule is CCSc1ccc(C(=O)N2CCOC(c3ccnc(N(C)C)n3)C2)cn1. The third-order valence-corrected chi connectivity index (χ3v) is 4.85.